The number of halogens is 1. The highest BCUT2D eigenvalue weighted by molar-refractivity contribution is 6.31. The SMILES string of the molecule is CCC(C(=O)Nc1cc(C)c(Cl)cc1OC)c1ccccc1. The number of aryl methyl sites for hydroxylation is 1. The van der Waals surface area contributed by atoms with E-state index in [0.29, 0.717) is 16.5 Å². The topological polar surface area (TPSA) is 38.3 Å². The van der Waals surface area contributed by atoms with Crippen molar-refractivity contribution in [3.8, 4) is 5.75 Å². The fraction of sp³-hybridized carbons (Fsp3) is 0.278. The number of nitrogens with one attached hydrogen (secondary N) is 1. The lowest BCUT2D eigenvalue weighted by molar-refractivity contribution is -0.117. The van der Waals surface area contributed by atoms with Gasteiger partial charge in [-0.25, -0.2) is 0 Å². The molecule has 2 aromatic carbocycles. The smallest absolute Gasteiger partial charge is 0.232 e. The number of carbonyl (C=O) groups excluding carboxylic acids is 1. The number of carbonyl (C=O) groups is 1. The van der Waals surface area contributed by atoms with E-state index < -0.39 is 0 Å². The van der Waals surface area contributed by atoms with Crippen LogP contribution < -0.4 is 10.1 Å². The molecule has 116 valence electrons. The van der Waals surface area contributed by atoms with Crippen LogP contribution in [0.15, 0.2) is 42.5 Å². The lowest BCUT2D eigenvalue weighted by Gasteiger charge is -2.17. The maximum atomic E-state index is 12.6. The van der Waals surface area contributed by atoms with Gasteiger partial charge in [0.1, 0.15) is 5.75 Å². The number of benzene rings is 2. The van der Waals surface area contributed by atoms with Gasteiger partial charge in [0.2, 0.25) is 5.91 Å². The number of hydrogen-bond donors (Lipinski definition) is 1. The summed E-state index contributed by atoms with van der Waals surface area (Å²) in [5.74, 6) is 0.322. The van der Waals surface area contributed by atoms with Gasteiger partial charge in [0.05, 0.1) is 18.7 Å². The van der Waals surface area contributed by atoms with Crippen LogP contribution in [-0.2, 0) is 4.79 Å². The van der Waals surface area contributed by atoms with Gasteiger partial charge < -0.3 is 10.1 Å². The first-order valence-corrected chi connectivity index (χ1v) is 7.64. The van der Waals surface area contributed by atoms with E-state index in [2.05, 4.69) is 5.32 Å². The molecule has 0 saturated heterocycles. The minimum absolute atomic E-state index is 0.0475. The van der Waals surface area contributed by atoms with Crippen LogP contribution in [0, 0.1) is 6.92 Å². The largest absolute Gasteiger partial charge is 0.495 e. The summed E-state index contributed by atoms with van der Waals surface area (Å²) in [6.45, 7) is 3.90. The Labute approximate surface area is 136 Å². The highest BCUT2D eigenvalue weighted by Gasteiger charge is 2.20. The molecule has 0 aliphatic rings. The minimum atomic E-state index is -0.193. The monoisotopic (exact) mass is 317 g/mol. The Morgan fingerprint density at radius 1 is 1.27 bits per heavy atom. The van der Waals surface area contributed by atoms with Crippen molar-refractivity contribution >= 4 is 23.2 Å². The molecule has 0 fully saturated rings. The molecule has 0 radical (unpaired) electrons. The summed E-state index contributed by atoms with van der Waals surface area (Å²) < 4.78 is 5.30. The van der Waals surface area contributed by atoms with E-state index in [1.807, 2.05) is 50.2 Å². The van der Waals surface area contributed by atoms with Gasteiger partial charge in [-0.2, -0.15) is 0 Å². The number of amides is 1. The number of hydrogen-bond acceptors (Lipinski definition) is 2. The number of ether oxygens (including phenoxy) is 1. The minimum Gasteiger partial charge on any atom is -0.495 e. The predicted octanol–water partition coefficient (Wildman–Crippen LogP) is 4.79. The molecule has 0 aliphatic heterocycles. The molecule has 1 unspecified atom stereocenters. The van der Waals surface area contributed by atoms with Crippen LogP contribution in [0.5, 0.6) is 5.75 Å². The van der Waals surface area contributed by atoms with Crippen LogP contribution in [0.3, 0.4) is 0 Å². The molecular formula is C18H20ClNO2. The van der Waals surface area contributed by atoms with Gasteiger partial charge in [-0.05, 0) is 30.5 Å². The number of anilines is 1. The highest BCUT2D eigenvalue weighted by Crippen LogP contribution is 2.32. The summed E-state index contributed by atoms with van der Waals surface area (Å²) in [4.78, 5) is 12.6. The van der Waals surface area contributed by atoms with E-state index in [4.69, 9.17) is 16.3 Å². The molecule has 1 amide bonds. The molecule has 0 bridgehead atoms. The summed E-state index contributed by atoms with van der Waals surface area (Å²) >= 11 is 6.09. The Morgan fingerprint density at radius 2 is 1.95 bits per heavy atom. The standard InChI is InChI=1S/C18H20ClNO2/c1-4-14(13-8-6-5-7-9-13)18(21)20-16-10-12(2)15(19)11-17(16)22-3/h5-11,14H,4H2,1-3H3,(H,20,21). The second-order valence-corrected chi connectivity index (χ2v) is 5.57. The molecule has 3 nitrogen and oxygen atoms in total. The Hall–Kier alpha value is -2.00. The van der Waals surface area contributed by atoms with E-state index in [1.165, 1.54) is 0 Å². The Kier molecular flexibility index (Phi) is 5.45. The summed E-state index contributed by atoms with van der Waals surface area (Å²) in [7, 11) is 1.56. The van der Waals surface area contributed by atoms with E-state index in [9.17, 15) is 4.79 Å². The average Bonchev–Trinajstić information content (AvgIpc) is 2.52. The molecule has 22 heavy (non-hydrogen) atoms. The first-order valence-electron chi connectivity index (χ1n) is 7.26. The fourth-order valence-electron chi connectivity index (χ4n) is 2.41. The van der Waals surface area contributed by atoms with Crippen molar-refractivity contribution in [1.82, 2.24) is 0 Å². The van der Waals surface area contributed by atoms with Crippen LogP contribution in [-0.4, -0.2) is 13.0 Å². The molecule has 0 spiro atoms. The van der Waals surface area contributed by atoms with Gasteiger partial charge in [-0.15, -0.1) is 0 Å². The Bertz CT molecular complexity index is 656. The summed E-state index contributed by atoms with van der Waals surface area (Å²) in [6, 6.07) is 13.3. The summed E-state index contributed by atoms with van der Waals surface area (Å²) in [5, 5.41) is 3.57. The maximum Gasteiger partial charge on any atom is 0.232 e. The highest BCUT2D eigenvalue weighted by atomic mass is 35.5. The lowest BCUT2D eigenvalue weighted by atomic mass is 9.95. The third kappa shape index (κ3) is 3.60. The summed E-state index contributed by atoms with van der Waals surface area (Å²) in [6.07, 6.45) is 0.727. The molecule has 0 heterocycles. The van der Waals surface area contributed by atoms with E-state index >= 15 is 0 Å². The fourth-order valence-corrected chi connectivity index (χ4v) is 2.56. The van der Waals surface area contributed by atoms with Crippen molar-refractivity contribution in [2.24, 2.45) is 0 Å². The van der Waals surface area contributed by atoms with Crippen molar-refractivity contribution in [3.63, 3.8) is 0 Å². The van der Waals surface area contributed by atoms with Gasteiger partial charge in [0, 0.05) is 11.1 Å². The van der Waals surface area contributed by atoms with Crippen molar-refractivity contribution in [3.05, 3.63) is 58.6 Å². The van der Waals surface area contributed by atoms with Gasteiger partial charge >= 0.3 is 0 Å². The van der Waals surface area contributed by atoms with Crippen LogP contribution >= 0.6 is 11.6 Å². The van der Waals surface area contributed by atoms with Gasteiger partial charge in [0.25, 0.3) is 0 Å². The molecule has 2 aromatic rings. The van der Waals surface area contributed by atoms with Gasteiger partial charge in [-0.1, -0.05) is 48.9 Å². The number of methoxy groups -OCH3 is 1. The van der Waals surface area contributed by atoms with E-state index in [1.54, 1.807) is 13.2 Å². The molecule has 1 N–H and O–H groups in total. The molecule has 1 atom stereocenters. The van der Waals surface area contributed by atoms with Crippen molar-refractivity contribution in [2.45, 2.75) is 26.2 Å². The van der Waals surface area contributed by atoms with E-state index in [-0.39, 0.29) is 11.8 Å². The quantitative estimate of drug-likeness (QED) is 0.861. The van der Waals surface area contributed by atoms with Gasteiger partial charge in [-0.3, -0.25) is 4.79 Å². The third-order valence-electron chi connectivity index (χ3n) is 3.67. The molecule has 4 heteroatoms. The van der Waals surface area contributed by atoms with E-state index in [0.717, 1.165) is 17.5 Å². The normalized spacial score (nSPS) is 11.8. The zero-order chi connectivity index (χ0) is 16.1. The van der Waals surface area contributed by atoms with Crippen LogP contribution in [0.25, 0.3) is 0 Å². The van der Waals surface area contributed by atoms with Gasteiger partial charge in [0.15, 0.2) is 0 Å². The molecule has 0 aromatic heterocycles. The zero-order valence-electron chi connectivity index (χ0n) is 13.0. The van der Waals surface area contributed by atoms with Crippen molar-refractivity contribution in [1.29, 1.82) is 0 Å². The zero-order valence-corrected chi connectivity index (χ0v) is 13.8. The van der Waals surface area contributed by atoms with Crippen molar-refractivity contribution in [2.75, 3.05) is 12.4 Å². The van der Waals surface area contributed by atoms with Crippen LogP contribution in [0.2, 0.25) is 5.02 Å². The predicted molar refractivity (Wildman–Crippen MR) is 90.8 cm³/mol. The summed E-state index contributed by atoms with van der Waals surface area (Å²) in [5.41, 5.74) is 2.54. The first-order chi connectivity index (χ1) is 10.6. The Balaban J connectivity index is 2.26. The van der Waals surface area contributed by atoms with Crippen LogP contribution in [0.1, 0.15) is 30.4 Å². The average molecular weight is 318 g/mol. The molecular weight excluding hydrogens is 298 g/mol. The first kappa shape index (κ1) is 16.4. The molecule has 0 saturated carbocycles. The molecule has 2 rings (SSSR count). The van der Waals surface area contributed by atoms with Crippen molar-refractivity contribution < 1.29 is 9.53 Å². The second-order valence-electron chi connectivity index (χ2n) is 5.16. The third-order valence-corrected chi connectivity index (χ3v) is 4.07. The lowest BCUT2D eigenvalue weighted by Crippen LogP contribution is -2.21. The Morgan fingerprint density at radius 3 is 2.55 bits per heavy atom. The molecule has 0 aliphatic carbocycles. The van der Waals surface area contributed by atoms with Crippen LogP contribution in [0.4, 0.5) is 5.69 Å². The second kappa shape index (κ2) is 7.32. The maximum absolute atomic E-state index is 12.6. The number of rotatable bonds is 5.